The van der Waals surface area contributed by atoms with E-state index in [1.165, 1.54) is 24.6 Å². The fraction of sp³-hybridized carbons (Fsp3) is 0.471. The second-order valence-electron chi connectivity index (χ2n) is 6.33. The highest BCUT2D eigenvalue weighted by molar-refractivity contribution is 6.35. The maximum Gasteiger partial charge on any atom is 0.338 e. The minimum Gasteiger partial charge on any atom is -0.274 e. The van der Waals surface area contributed by atoms with Gasteiger partial charge in [-0.1, -0.05) is 42.5 Å². The van der Waals surface area contributed by atoms with Crippen LogP contribution >= 0.6 is 23.2 Å². The number of nitrogens with zero attached hydrogens (tertiary/aromatic N) is 2. The van der Waals surface area contributed by atoms with Crippen LogP contribution in [0, 0.1) is 5.92 Å². The van der Waals surface area contributed by atoms with E-state index in [1.54, 1.807) is 0 Å². The van der Waals surface area contributed by atoms with Crippen LogP contribution in [0.4, 0.5) is 10.5 Å². The Morgan fingerprint density at radius 2 is 1.67 bits per heavy atom. The number of urea groups is 1. The number of carbonyl (C=O) groups is 3. The maximum absolute atomic E-state index is 12.5. The van der Waals surface area contributed by atoms with Gasteiger partial charge in [-0.3, -0.25) is 14.5 Å². The van der Waals surface area contributed by atoms with Crippen molar-refractivity contribution in [3.63, 3.8) is 0 Å². The number of rotatable bonds is 3. The lowest BCUT2D eigenvalue weighted by molar-refractivity contribution is -0.130. The van der Waals surface area contributed by atoms with Gasteiger partial charge in [-0.25, -0.2) is 9.69 Å². The number of anilines is 1. The van der Waals surface area contributed by atoms with Crippen molar-refractivity contribution >= 4 is 46.7 Å². The summed E-state index contributed by atoms with van der Waals surface area (Å²) in [5, 5.41) is 0.648. The molecule has 0 aromatic heterocycles. The molecule has 7 heteroatoms. The molecule has 24 heavy (non-hydrogen) atoms. The van der Waals surface area contributed by atoms with Gasteiger partial charge in [0.05, 0.1) is 5.69 Å². The van der Waals surface area contributed by atoms with Crippen LogP contribution in [0.5, 0.6) is 0 Å². The van der Waals surface area contributed by atoms with Crippen molar-refractivity contribution in [2.45, 2.75) is 38.5 Å². The Morgan fingerprint density at radius 1 is 1.04 bits per heavy atom. The van der Waals surface area contributed by atoms with E-state index in [0.29, 0.717) is 22.4 Å². The Bertz CT molecular complexity index is 666. The summed E-state index contributed by atoms with van der Waals surface area (Å²) in [5.74, 6) is -0.421. The van der Waals surface area contributed by atoms with Crippen LogP contribution in [0.25, 0.3) is 0 Å². The maximum atomic E-state index is 12.5. The molecule has 1 aliphatic carbocycles. The van der Waals surface area contributed by atoms with Gasteiger partial charge in [-0.05, 0) is 37.0 Å². The molecule has 0 N–H and O–H groups in total. The van der Waals surface area contributed by atoms with E-state index in [1.807, 2.05) is 0 Å². The van der Waals surface area contributed by atoms with Crippen LogP contribution in [0.3, 0.4) is 0 Å². The predicted octanol–water partition coefficient (Wildman–Crippen LogP) is 4.26. The van der Waals surface area contributed by atoms with Gasteiger partial charge in [0, 0.05) is 16.5 Å². The van der Waals surface area contributed by atoms with Crippen molar-refractivity contribution in [3.05, 3.63) is 28.2 Å². The fourth-order valence-electron chi connectivity index (χ4n) is 3.37. The molecule has 4 amide bonds. The third-order valence-corrected chi connectivity index (χ3v) is 5.00. The number of hydrogen-bond acceptors (Lipinski definition) is 3. The number of benzene rings is 1. The third-order valence-electron chi connectivity index (χ3n) is 4.56. The highest BCUT2D eigenvalue weighted by Gasteiger charge is 2.41. The molecule has 1 aromatic carbocycles. The Hall–Kier alpha value is -1.59. The summed E-state index contributed by atoms with van der Waals surface area (Å²) in [6.07, 6.45) is 5.79. The third kappa shape index (κ3) is 3.57. The normalized spacial score (nSPS) is 19.2. The summed E-state index contributed by atoms with van der Waals surface area (Å²) < 4.78 is 0. The van der Waals surface area contributed by atoms with Crippen LogP contribution in [-0.2, 0) is 9.59 Å². The van der Waals surface area contributed by atoms with Gasteiger partial charge in [0.25, 0.3) is 5.91 Å². The van der Waals surface area contributed by atoms with Gasteiger partial charge in [0.1, 0.15) is 6.54 Å². The monoisotopic (exact) mass is 368 g/mol. The second kappa shape index (κ2) is 7.11. The first-order chi connectivity index (χ1) is 11.5. The zero-order chi connectivity index (χ0) is 17.3. The van der Waals surface area contributed by atoms with Crippen LogP contribution < -0.4 is 4.90 Å². The van der Waals surface area contributed by atoms with Gasteiger partial charge >= 0.3 is 6.03 Å². The zero-order valence-electron chi connectivity index (χ0n) is 13.1. The summed E-state index contributed by atoms with van der Waals surface area (Å²) in [6, 6.07) is 3.86. The molecule has 1 heterocycles. The first kappa shape index (κ1) is 17.2. The average Bonchev–Trinajstić information content (AvgIpc) is 2.82. The predicted molar refractivity (Wildman–Crippen MR) is 92.2 cm³/mol. The van der Waals surface area contributed by atoms with Gasteiger partial charge < -0.3 is 0 Å². The molecule has 5 nitrogen and oxygen atoms in total. The molecule has 0 atom stereocenters. The first-order valence-corrected chi connectivity index (χ1v) is 8.84. The standard InChI is InChI=1S/C17H18Cl2N2O3/c18-12-7-13(19)9-14(8-12)21-16(23)10-20(17(21)24)15(22)6-11-4-2-1-3-5-11/h7-9,11H,1-6,10H2. The largest absolute Gasteiger partial charge is 0.338 e. The second-order valence-corrected chi connectivity index (χ2v) is 7.20. The Balaban J connectivity index is 1.74. The number of amides is 4. The van der Waals surface area contributed by atoms with Gasteiger partial charge in [-0.15, -0.1) is 0 Å². The quantitative estimate of drug-likeness (QED) is 0.748. The lowest BCUT2D eigenvalue weighted by Crippen LogP contribution is -2.37. The summed E-state index contributed by atoms with van der Waals surface area (Å²) in [6.45, 7) is -0.228. The van der Waals surface area contributed by atoms with E-state index in [-0.39, 0.29) is 18.1 Å². The number of halogens is 2. The molecular weight excluding hydrogens is 351 g/mol. The Morgan fingerprint density at radius 3 is 2.29 bits per heavy atom. The minimum absolute atomic E-state index is 0.228. The van der Waals surface area contributed by atoms with Crippen LogP contribution in [-0.4, -0.2) is 29.3 Å². The van der Waals surface area contributed by atoms with Crippen LogP contribution in [0.1, 0.15) is 38.5 Å². The molecule has 0 bridgehead atoms. The molecule has 128 valence electrons. The van der Waals surface area contributed by atoms with E-state index in [9.17, 15) is 14.4 Å². The molecule has 0 unspecified atom stereocenters. The summed E-state index contributed by atoms with van der Waals surface area (Å²) in [5.41, 5.74) is 0.287. The van der Waals surface area contributed by atoms with E-state index < -0.39 is 11.9 Å². The Labute approximate surface area is 150 Å². The lowest BCUT2D eigenvalue weighted by Gasteiger charge is -2.23. The van der Waals surface area contributed by atoms with Gasteiger partial charge in [-0.2, -0.15) is 0 Å². The Kier molecular flexibility index (Phi) is 5.11. The smallest absolute Gasteiger partial charge is 0.274 e. The number of imide groups is 2. The van der Waals surface area contributed by atoms with Crippen molar-refractivity contribution in [2.24, 2.45) is 5.92 Å². The number of hydrogen-bond donors (Lipinski definition) is 0. The van der Waals surface area contributed by atoms with Gasteiger partial charge in [0.15, 0.2) is 0 Å². The fourth-order valence-corrected chi connectivity index (χ4v) is 3.88. The minimum atomic E-state index is -0.626. The highest BCUT2D eigenvalue weighted by atomic mass is 35.5. The molecule has 2 fully saturated rings. The van der Waals surface area contributed by atoms with E-state index in [0.717, 1.165) is 35.5 Å². The van der Waals surface area contributed by atoms with Crippen molar-refractivity contribution in [3.8, 4) is 0 Å². The van der Waals surface area contributed by atoms with Crippen LogP contribution in [0.15, 0.2) is 18.2 Å². The van der Waals surface area contributed by atoms with Crippen LogP contribution in [0.2, 0.25) is 10.0 Å². The van der Waals surface area contributed by atoms with E-state index >= 15 is 0 Å². The van der Waals surface area contributed by atoms with Crippen molar-refractivity contribution < 1.29 is 14.4 Å². The molecule has 1 aliphatic heterocycles. The molecule has 0 spiro atoms. The highest BCUT2D eigenvalue weighted by Crippen LogP contribution is 2.30. The number of carbonyl (C=O) groups excluding carboxylic acids is 3. The molecular formula is C17H18Cl2N2O3. The summed E-state index contributed by atoms with van der Waals surface area (Å²) in [4.78, 5) is 39.2. The molecule has 3 rings (SSSR count). The molecule has 1 aromatic rings. The summed E-state index contributed by atoms with van der Waals surface area (Å²) >= 11 is 11.9. The van der Waals surface area contributed by atoms with Crippen molar-refractivity contribution in [2.75, 3.05) is 11.4 Å². The molecule has 1 saturated heterocycles. The topological polar surface area (TPSA) is 57.7 Å². The van der Waals surface area contributed by atoms with E-state index in [2.05, 4.69) is 0 Å². The molecule has 0 radical (unpaired) electrons. The average molecular weight is 369 g/mol. The summed E-state index contributed by atoms with van der Waals surface area (Å²) in [7, 11) is 0. The molecule has 1 saturated carbocycles. The van der Waals surface area contributed by atoms with Crippen molar-refractivity contribution in [1.82, 2.24) is 4.90 Å². The van der Waals surface area contributed by atoms with E-state index in [4.69, 9.17) is 23.2 Å². The first-order valence-electron chi connectivity index (χ1n) is 8.09. The van der Waals surface area contributed by atoms with Gasteiger partial charge in [0.2, 0.25) is 5.91 Å². The lowest BCUT2D eigenvalue weighted by atomic mass is 9.87. The SMILES string of the molecule is O=C(CC1CCCCC1)N1CC(=O)N(c2cc(Cl)cc(Cl)c2)C1=O. The van der Waals surface area contributed by atoms with Crippen molar-refractivity contribution in [1.29, 1.82) is 0 Å². The molecule has 2 aliphatic rings. The zero-order valence-corrected chi connectivity index (χ0v) is 14.6.